The first-order valence-corrected chi connectivity index (χ1v) is 5.72. The topological polar surface area (TPSA) is 48.4 Å². The fourth-order valence-electron chi connectivity index (χ4n) is 1.51. The van der Waals surface area contributed by atoms with Gasteiger partial charge in [0.05, 0.1) is 18.4 Å². The minimum Gasteiger partial charge on any atom is -0.481 e. The van der Waals surface area contributed by atoms with Gasteiger partial charge >= 0.3 is 5.97 Å². The Kier molecular flexibility index (Phi) is 4.24. The second kappa shape index (κ2) is 6.10. The van der Waals surface area contributed by atoms with E-state index in [0.29, 0.717) is 5.69 Å². The van der Waals surface area contributed by atoms with Crippen LogP contribution in [0, 0.1) is 11.6 Å². The monoisotopic (exact) mass is 279 g/mol. The lowest BCUT2D eigenvalue weighted by molar-refractivity contribution is 0.0600. The van der Waals surface area contributed by atoms with Crippen molar-refractivity contribution in [2.45, 2.75) is 6.61 Å². The van der Waals surface area contributed by atoms with E-state index in [9.17, 15) is 13.6 Å². The molecule has 20 heavy (non-hydrogen) atoms. The number of rotatable bonds is 4. The van der Waals surface area contributed by atoms with Crippen LogP contribution in [0.5, 0.6) is 5.75 Å². The number of hydrogen-bond acceptors (Lipinski definition) is 4. The highest BCUT2D eigenvalue weighted by molar-refractivity contribution is 5.88. The van der Waals surface area contributed by atoms with Crippen LogP contribution in [0.4, 0.5) is 8.78 Å². The molecule has 4 nitrogen and oxygen atoms in total. The van der Waals surface area contributed by atoms with E-state index in [1.165, 1.54) is 31.5 Å². The van der Waals surface area contributed by atoms with Gasteiger partial charge < -0.3 is 9.47 Å². The lowest BCUT2D eigenvalue weighted by atomic mass is 10.2. The van der Waals surface area contributed by atoms with Crippen LogP contribution in [0.25, 0.3) is 0 Å². The van der Waals surface area contributed by atoms with E-state index in [0.717, 1.165) is 12.1 Å². The maximum absolute atomic E-state index is 13.3. The molecule has 6 heteroatoms. The molecule has 0 fully saturated rings. The fraction of sp³-hybridized carbons (Fsp3) is 0.143. The zero-order chi connectivity index (χ0) is 14.5. The Balaban J connectivity index is 2.06. The third-order valence-corrected chi connectivity index (χ3v) is 2.53. The second-order valence-electron chi connectivity index (χ2n) is 3.87. The molecule has 0 unspecified atom stereocenters. The highest BCUT2D eigenvalue weighted by Crippen LogP contribution is 2.21. The molecule has 0 spiro atoms. The van der Waals surface area contributed by atoms with Crippen molar-refractivity contribution in [1.82, 2.24) is 4.98 Å². The van der Waals surface area contributed by atoms with Crippen LogP contribution in [0.1, 0.15) is 16.1 Å². The summed E-state index contributed by atoms with van der Waals surface area (Å²) < 4.78 is 36.2. The number of aromatic nitrogens is 1. The normalized spacial score (nSPS) is 10.2. The number of carbonyl (C=O) groups is 1. The van der Waals surface area contributed by atoms with Gasteiger partial charge in [-0.3, -0.25) is 4.98 Å². The molecule has 2 rings (SSSR count). The number of hydrogen-bond donors (Lipinski definition) is 0. The largest absolute Gasteiger partial charge is 0.481 e. The Hall–Kier alpha value is -2.50. The summed E-state index contributed by atoms with van der Waals surface area (Å²) in [5, 5.41) is 0. The zero-order valence-electron chi connectivity index (χ0n) is 10.6. The Morgan fingerprint density at radius 2 is 1.90 bits per heavy atom. The van der Waals surface area contributed by atoms with Crippen LogP contribution in [0.3, 0.4) is 0 Å². The molecule has 0 bridgehead atoms. The molecule has 0 aliphatic heterocycles. The van der Waals surface area contributed by atoms with Crippen LogP contribution in [0.15, 0.2) is 36.5 Å². The van der Waals surface area contributed by atoms with Crippen molar-refractivity contribution in [3.63, 3.8) is 0 Å². The second-order valence-corrected chi connectivity index (χ2v) is 3.87. The molecular weight excluding hydrogens is 268 g/mol. The molecule has 0 atom stereocenters. The average molecular weight is 279 g/mol. The van der Waals surface area contributed by atoms with Crippen LogP contribution in [0.2, 0.25) is 0 Å². The maximum atomic E-state index is 13.3. The first-order chi connectivity index (χ1) is 9.61. The number of para-hydroxylation sites is 1. The van der Waals surface area contributed by atoms with Gasteiger partial charge in [0, 0.05) is 6.20 Å². The third-order valence-electron chi connectivity index (χ3n) is 2.53. The van der Waals surface area contributed by atoms with Crippen molar-refractivity contribution in [3.8, 4) is 5.75 Å². The van der Waals surface area contributed by atoms with E-state index in [2.05, 4.69) is 9.72 Å². The van der Waals surface area contributed by atoms with E-state index in [4.69, 9.17) is 4.74 Å². The SMILES string of the molecule is COC(=O)c1ccc(COc2c(F)cccc2F)nc1. The number of ether oxygens (including phenoxy) is 2. The number of methoxy groups -OCH3 is 1. The summed E-state index contributed by atoms with van der Waals surface area (Å²) in [6.07, 6.45) is 1.31. The minimum absolute atomic E-state index is 0.112. The van der Waals surface area contributed by atoms with E-state index in [1.54, 1.807) is 0 Å². The highest BCUT2D eigenvalue weighted by Gasteiger charge is 2.10. The molecule has 1 aromatic carbocycles. The van der Waals surface area contributed by atoms with Crippen LogP contribution in [-0.4, -0.2) is 18.1 Å². The number of esters is 1. The predicted octanol–water partition coefficient (Wildman–Crippen LogP) is 2.73. The smallest absolute Gasteiger partial charge is 0.339 e. The van der Waals surface area contributed by atoms with Crippen LogP contribution < -0.4 is 4.74 Å². The zero-order valence-corrected chi connectivity index (χ0v) is 10.6. The van der Waals surface area contributed by atoms with Gasteiger partial charge in [0.25, 0.3) is 0 Å². The maximum Gasteiger partial charge on any atom is 0.339 e. The number of benzene rings is 1. The Bertz CT molecular complexity index is 594. The molecule has 104 valence electrons. The lowest BCUT2D eigenvalue weighted by Crippen LogP contribution is -2.05. The van der Waals surface area contributed by atoms with Gasteiger partial charge in [-0.05, 0) is 24.3 Å². The number of nitrogens with zero attached hydrogens (tertiary/aromatic N) is 1. The molecule has 0 aliphatic rings. The van der Waals surface area contributed by atoms with Crippen molar-refractivity contribution >= 4 is 5.97 Å². The fourth-order valence-corrected chi connectivity index (χ4v) is 1.51. The van der Waals surface area contributed by atoms with E-state index < -0.39 is 23.4 Å². The van der Waals surface area contributed by atoms with Crippen molar-refractivity contribution in [1.29, 1.82) is 0 Å². The van der Waals surface area contributed by atoms with Crippen molar-refractivity contribution in [2.75, 3.05) is 7.11 Å². The molecule has 0 amide bonds. The van der Waals surface area contributed by atoms with Crippen molar-refractivity contribution in [3.05, 3.63) is 59.4 Å². The molecule has 1 aromatic heterocycles. The quantitative estimate of drug-likeness (QED) is 0.807. The van der Waals surface area contributed by atoms with Crippen LogP contribution in [-0.2, 0) is 11.3 Å². The summed E-state index contributed by atoms with van der Waals surface area (Å²) >= 11 is 0. The van der Waals surface area contributed by atoms with Crippen molar-refractivity contribution in [2.24, 2.45) is 0 Å². The standard InChI is InChI=1S/C14H11F2NO3/c1-19-14(18)9-5-6-10(17-7-9)8-20-13-11(15)3-2-4-12(13)16/h2-7H,8H2,1H3. The lowest BCUT2D eigenvalue weighted by Gasteiger charge is -2.08. The summed E-state index contributed by atoms with van der Waals surface area (Å²) in [6.45, 7) is -0.112. The summed E-state index contributed by atoms with van der Waals surface area (Å²) in [5.74, 6) is -2.52. The van der Waals surface area contributed by atoms with Gasteiger partial charge in [0.1, 0.15) is 6.61 Å². The highest BCUT2D eigenvalue weighted by atomic mass is 19.1. The van der Waals surface area contributed by atoms with Gasteiger partial charge in [0.15, 0.2) is 17.4 Å². The minimum atomic E-state index is -0.781. The van der Waals surface area contributed by atoms with Gasteiger partial charge in [-0.15, -0.1) is 0 Å². The first-order valence-electron chi connectivity index (χ1n) is 5.72. The van der Waals surface area contributed by atoms with Crippen molar-refractivity contribution < 1.29 is 23.0 Å². The Labute approximate surface area is 114 Å². The molecule has 0 saturated heterocycles. The first kappa shape index (κ1) is 13.9. The molecular formula is C14H11F2NO3. The molecule has 2 aromatic rings. The molecule has 0 aliphatic carbocycles. The number of carbonyl (C=O) groups excluding carboxylic acids is 1. The van der Waals surface area contributed by atoms with E-state index >= 15 is 0 Å². The van der Waals surface area contributed by atoms with Gasteiger partial charge in [-0.1, -0.05) is 6.07 Å². The van der Waals surface area contributed by atoms with E-state index in [-0.39, 0.29) is 12.2 Å². The summed E-state index contributed by atoms with van der Waals surface area (Å²) in [4.78, 5) is 15.2. The third kappa shape index (κ3) is 3.09. The van der Waals surface area contributed by atoms with Crippen LogP contribution >= 0.6 is 0 Å². The van der Waals surface area contributed by atoms with Gasteiger partial charge in [-0.2, -0.15) is 0 Å². The Morgan fingerprint density at radius 3 is 2.45 bits per heavy atom. The molecule has 0 N–H and O–H groups in total. The summed E-state index contributed by atoms with van der Waals surface area (Å²) in [6, 6.07) is 6.47. The summed E-state index contributed by atoms with van der Waals surface area (Å²) in [5.41, 5.74) is 0.716. The Morgan fingerprint density at radius 1 is 1.20 bits per heavy atom. The predicted molar refractivity (Wildman–Crippen MR) is 66.3 cm³/mol. The average Bonchev–Trinajstić information content (AvgIpc) is 2.46. The van der Waals surface area contributed by atoms with Gasteiger partial charge in [-0.25, -0.2) is 13.6 Å². The molecule has 0 radical (unpaired) electrons. The summed E-state index contributed by atoms with van der Waals surface area (Å²) in [7, 11) is 1.26. The molecule has 0 saturated carbocycles. The van der Waals surface area contributed by atoms with Gasteiger partial charge in [0.2, 0.25) is 0 Å². The molecule has 1 heterocycles. The number of pyridine rings is 1. The van der Waals surface area contributed by atoms with E-state index in [1.807, 2.05) is 0 Å². The number of halogens is 2.